The van der Waals surface area contributed by atoms with E-state index in [1.165, 1.54) is 12.0 Å². The normalized spacial score (nSPS) is 16.3. The molecule has 1 heteroatoms. The smallest absolute Gasteiger partial charge is 0.0650 e. The van der Waals surface area contributed by atoms with Gasteiger partial charge in [-0.3, -0.25) is 0 Å². The maximum absolute atomic E-state index is 2.62. The van der Waals surface area contributed by atoms with Gasteiger partial charge in [-0.2, -0.15) is 0 Å². The molecule has 1 rings (SSSR count). The molecule has 0 atom stereocenters. The summed E-state index contributed by atoms with van der Waals surface area (Å²) in [4.78, 5) is 0. The van der Waals surface area contributed by atoms with Gasteiger partial charge in [0.25, 0.3) is 0 Å². The molecule has 0 aliphatic carbocycles. The molecular formula is C44H84Si. The van der Waals surface area contributed by atoms with Crippen LogP contribution in [0.2, 0.25) is 18.1 Å². The van der Waals surface area contributed by atoms with Gasteiger partial charge in [0.2, 0.25) is 0 Å². The molecule has 0 fully saturated rings. The number of benzene rings is 1. The van der Waals surface area contributed by atoms with Crippen molar-refractivity contribution in [1.82, 2.24) is 0 Å². The highest BCUT2D eigenvalue weighted by Crippen LogP contribution is 2.76. The van der Waals surface area contributed by atoms with Crippen LogP contribution in [0, 0.1) is 61.1 Å². The van der Waals surface area contributed by atoms with E-state index in [4.69, 9.17) is 0 Å². The monoisotopic (exact) mass is 641 g/mol. The lowest BCUT2D eigenvalue weighted by atomic mass is 9.33. The number of rotatable bonds is 13. The number of aryl methyl sites for hydroxylation is 1. The van der Waals surface area contributed by atoms with Crippen LogP contribution in [0.3, 0.4) is 0 Å². The van der Waals surface area contributed by atoms with E-state index in [0.717, 1.165) is 0 Å². The largest absolute Gasteiger partial charge is 0.0867 e. The quantitative estimate of drug-likeness (QED) is 0.188. The van der Waals surface area contributed by atoms with Gasteiger partial charge in [-0.05, 0) is 66.1 Å². The molecule has 0 unspecified atom stereocenters. The standard InChI is InChI=1S/C44H84Si/c1-27-34(3,4)35(5,6)36(7,8)37(9,10)38(11,12)39(13,14)40(15,16)41(17,18)42(19,20)43(21,22)44(23,24)45(25,26)33-30-28-29-32(2)31-33/h28-31H,27H2,1-26H3. The molecule has 0 bridgehead atoms. The SMILES string of the molecule is CCC(C)(C)C(C)(C)C(C)(C)C(C)(C)C(C)(C)C(C)(C)C(C)(C)C(C)(C)C(C)(C)C(C)(C)C(C)(C)[Si](C)(C)c1cccc(C)c1. The van der Waals surface area contributed by atoms with E-state index in [-0.39, 0.29) is 59.2 Å². The first-order valence-corrected chi connectivity index (χ1v) is 21.4. The first-order chi connectivity index (χ1) is 19.3. The minimum absolute atomic E-state index is 0.00709. The van der Waals surface area contributed by atoms with Gasteiger partial charge >= 0.3 is 0 Å². The molecule has 0 amide bonds. The average Bonchev–Trinajstić information content (AvgIpc) is 2.87. The Morgan fingerprint density at radius 1 is 0.444 bits per heavy atom. The minimum atomic E-state index is -1.90. The summed E-state index contributed by atoms with van der Waals surface area (Å²) in [6.45, 7) is 66.8. The van der Waals surface area contributed by atoms with Crippen molar-refractivity contribution in [3.8, 4) is 0 Å². The predicted octanol–water partition coefficient (Wildman–Crippen LogP) is 14.4. The molecule has 0 N–H and O–H groups in total. The Morgan fingerprint density at radius 3 is 1.02 bits per heavy atom. The molecule has 0 nitrogen and oxygen atoms in total. The van der Waals surface area contributed by atoms with Crippen molar-refractivity contribution < 1.29 is 0 Å². The van der Waals surface area contributed by atoms with Crippen LogP contribution < -0.4 is 5.19 Å². The van der Waals surface area contributed by atoms with E-state index >= 15 is 0 Å². The summed E-state index contributed by atoms with van der Waals surface area (Å²) in [5, 5.41) is 1.72. The van der Waals surface area contributed by atoms with Gasteiger partial charge < -0.3 is 0 Å². The van der Waals surface area contributed by atoms with Gasteiger partial charge in [0.15, 0.2) is 0 Å². The van der Waals surface area contributed by atoms with Crippen molar-refractivity contribution in [2.75, 3.05) is 0 Å². The molecule has 1 aromatic carbocycles. The highest BCUT2D eigenvalue weighted by Gasteiger charge is 2.69. The summed E-state index contributed by atoms with van der Waals surface area (Å²) in [5.41, 5.74) is 2.02. The number of hydrogen-bond donors (Lipinski definition) is 0. The third kappa shape index (κ3) is 5.41. The zero-order valence-corrected chi connectivity index (χ0v) is 37.0. The Labute approximate surface area is 287 Å². The molecule has 1 aromatic rings. The molecule has 0 saturated heterocycles. The summed E-state index contributed by atoms with van der Waals surface area (Å²) in [5.74, 6) is 0. The van der Waals surface area contributed by atoms with Crippen LogP contribution in [0.25, 0.3) is 0 Å². The van der Waals surface area contributed by atoms with Crippen molar-refractivity contribution in [2.45, 2.75) is 191 Å². The Balaban J connectivity index is 3.93. The fourth-order valence-corrected chi connectivity index (χ4v) is 13.4. The zero-order chi connectivity index (χ0) is 36.7. The molecule has 0 aliphatic rings. The van der Waals surface area contributed by atoms with Crippen LogP contribution >= 0.6 is 0 Å². The van der Waals surface area contributed by atoms with Crippen molar-refractivity contribution in [3.63, 3.8) is 0 Å². The third-order valence-corrected chi connectivity index (χ3v) is 25.4. The van der Waals surface area contributed by atoms with Crippen LogP contribution in [0.5, 0.6) is 0 Å². The molecule has 0 radical (unpaired) electrons. The Hall–Kier alpha value is -0.563. The fraction of sp³-hybridized carbons (Fsp3) is 0.864. The average molecular weight is 641 g/mol. The van der Waals surface area contributed by atoms with Gasteiger partial charge in [0, 0.05) is 0 Å². The van der Waals surface area contributed by atoms with Crippen molar-refractivity contribution in [1.29, 1.82) is 0 Å². The fourth-order valence-electron chi connectivity index (χ4n) is 9.71. The molecule has 264 valence electrons. The molecule has 0 aromatic heterocycles. The second-order valence-corrected chi connectivity index (χ2v) is 27.1. The van der Waals surface area contributed by atoms with Crippen molar-refractivity contribution in [3.05, 3.63) is 29.8 Å². The summed E-state index contributed by atoms with van der Waals surface area (Å²) in [6, 6.07) is 9.41. The zero-order valence-electron chi connectivity index (χ0n) is 36.0. The van der Waals surface area contributed by atoms with Crippen molar-refractivity contribution >= 4 is 13.3 Å². The van der Waals surface area contributed by atoms with Crippen LogP contribution in [-0.4, -0.2) is 8.07 Å². The lowest BCUT2D eigenvalue weighted by Gasteiger charge is -2.72. The van der Waals surface area contributed by atoms with Gasteiger partial charge in [0.05, 0.1) is 8.07 Å². The van der Waals surface area contributed by atoms with E-state index in [1.807, 2.05) is 0 Å². The molecular weight excluding hydrogens is 557 g/mol. The highest BCUT2D eigenvalue weighted by atomic mass is 28.3. The number of hydrogen-bond acceptors (Lipinski definition) is 0. The predicted molar refractivity (Wildman–Crippen MR) is 210 cm³/mol. The first-order valence-electron chi connectivity index (χ1n) is 18.4. The highest BCUT2D eigenvalue weighted by molar-refractivity contribution is 6.92. The van der Waals surface area contributed by atoms with Crippen LogP contribution in [0.15, 0.2) is 24.3 Å². The van der Waals surface area contributed by atoms with E-state index in [0.29, 0.717) is 0 Å². The Morgan fingerprint density at radius 2 is 0.733 bits per heavy atom. The lowest BCUT2D eigenvalue weighted by Crippen LogP contribution is -2.67. The lowest BCUT2D eigenvalue weighted by molar-refractivity contribution is -0.234. The van der Waals surface area contributed by atoms with E-state index in [1.54, 1.807) is 5.19 Å². The van der Waals surface area contributed by atoms with E-state index in [2.05, 4.69) is 204 Å². The van der Waals surface area contributed by atoms with Gasteiger partial charge in [0.1, 0.15) is 0 Å². The molecule has 0 heterocycles. The Kier molecular flexibility index (Phi) is 10.9. The first kappa shape index (κ1) is 42.5. The summed E-state index contributed by atoms with van der Waals surface area (Å²) >= 11 is 0. The van der Waals surface area contributed by atoms with E-state index in [9.17, 15) is 0 Å². The van der Waals surface area contributed by atoms with Crippen LogP contribution in [-0.2, 0) is 0 Å². The Bertz CT molecular complexity index is 1190. The van der Waals surface area contributed by atoms with Crippen molar-refractivity contribution in [2.24, 2.45) is 54.1 Å². The second-order valence-electron chi connectivity index (χ2n) is 22.0. The maximum atomic E-state index is 2.62. The van der Waals surface area contributed by atoms with Crippen LogP contribution in [0.4, 0.5) is 0 Å². The van der Waals surface area contributed by atoms with Gasteiger partial charge in [-0.15, -0.1) is 0 Å². The second kappa shape index (κ2) is 11.5. The van der Waals surface area contributed by atoms with Crippen LogP contribution in [0.1, 0.15) is 171 Å². The maximum Gasteiger partial charge on any atom is 0.0867 e. The topological polar surface area (TPSA) is 0 Å². The molecule has 0 spiro atoms. The summed E-state index contributed by atoms with van der Waals surface area (Å²) in [6.07, 6.45) is 1.18. The van der Waals surface area contributed by atoms with E-state index < -0.39 is 8.07 Å². The van der Waals surface area contributed by atoms with Gasteiger partial charge in [-0.1, -0.05) is 214 Å². The van der Waals surface area contributed by atoms with Gasteiger partial charge in [-0.25, -0.2) is 0 Å². The molecule has 0 saturated carbocycles. The molecule has 45 heavy (non-hydrogen) atoms. The minimum Gasteiger partial charge on any atom is -0.0650 e. The summed E-state index contributed by atoms with van der Waals surface area (Å²) in [7, 11) is -1.90. The summed E-state index contributed by atoms with van der Waals surface area (Å²) < 4.78 is 0. The molecule has 0 aliphatic heterocycles. The third-order valence-electron chi connectivity index (χ3n) is 19.9.